The minimum atomic E-state index is -0.172. The molecule has 0 bridgehead atoms. The van der Waals surface area contributed by atoms with E-state index in [1.54, 1.807) is 0 Å². The minimum absolute atomic E-state index is 0.141. The fourth-order valence-corrected chi connectivity index (χ4v) is 4.01. The van der Waals surface area contributed by atoms with Crippen molar-refractivity contribution in [3.63, 3.8) is 0 Å². The molecule has 2 aliphatic heterocycles. The number of hydrogen-bond acceptors (Lipinski definition) is 4. The van der Waals surface area contributed by atoms with Crippen LogP contribution in [0.3, 0.4) is 0 Å². The van der Waals surface area contributed by atoms with Crippen LogP contribution in [0.15, 0.2) is 40.3 Å². The average molecular weight is 326 g/mol. The summed E-state index contributed by atoms with van der Waals surface area (Å²) in [4.78, 5) is 9.72. The molecule has 1 fully saturated rings. The molecule has 0 amide bonds. The van der Waals surface area contributed by atoms with E-state index in [-0.39, 0.29) is 22.4 Å². The van der Waals surface area contributed by atoms with Crippen molar-refractivity contribution in [2.24, 2.45) is 21.3 Å². The first kappa shape index (κ1) is 15.7. The van der Waals surface area contributed by atoms with Crippen molar-refractivity contribution in [2.45, 2.75) is 51.6 Å². The van der Waals surface area contributed by atoms with Gasteiger partial charge in [0.1, 0.15) is 13.2 Å². The van der Waals surface area contributed by atoms with Gasteiger partial charge in [-0.3, -0.25) is 0 Å². The molecule has 4 heteroatoms. The van der Waals surface area contributed by atoms with Crippen molar-refractivity contribution < 1.29 is 9.47 Å². The summed E-state index contributed by atoms with van der Waals surface area (Å²) in [5, 5.41) is 0. The maximum atomic E-state index is 6.03. The molecule has 1 aromatic carbocycles. The van der Waals surface area contributed by atoms with Crippen LogP contribution < -0.4 is 0 Å². The van der Waals surface area contributed by atoms with Gasteiger partial charge in [-0.15, -0.1) is 0 Å². The van der Waals surface area contributed by atoms with Crippen LogP contribution in [0, 0.1) is 11.3 Å². The van der Waals surface area contributed by atoms with Gasteiger partial charge in [0.2, 0.25) is 0 Å². The SMILES string of the molecule is CC1(C)COC([C@H]2[C@H](c3ccccc3)[C@@]2(C)C2=NC(C)(C)CO2)=N1. The van der Waals surface area contributed by atoms with Crippen LogP contribution in [0.25, 0.3) is 0 Å². The smallest absolute Gasteiger partial charge is 0.191 e. The van der Waals surface area contributed by atoms with Gasteiger partial charge in [-0.05, 0) is 40.2 Å². The molecule has 3 atom stereocenters. The van der Waals surface area contributed by atoms with E-state index in [2.05, 4.69) is 65.0 Å². The molecule has 0 spiro atoms. The van der Waals surface area contributed by atoms with Crippen LogP contribution in [-0.4, -0.2) is 36.1 Å². The Morgan fingerprint density at radius 3 is 2.00 bits per heavy atom. The number of nitrogens with zero attached hydrogens (tertiary/aromatic N) is 2. The van der Waals surface area contributed by atoms with Crippen LogP contribution in [0.1, 0.15) is 46.1 Å². The number of aliphatic imine (C=N–C) groups is 2. The molecule has 0 aromatic heterocycles. The minimum Gasteiger partial charge on any atom is -0.478 e. The molecule has 1 saturated carbocycles. The summed E-state index contributed by atoms with van der Waals surface area (Å²) in [5.41, 5.74) is 0.841. The second-order valence-corrected chi connectivity index (χ2v) is 8.72. The molecule has 2 heterocycles. The van der Waals surface area contributed by atoms with E-state index >= 15 is 0 Å². The molecule has 1 aliphatic carbocycles. The fraction of sp³-hybridized carbons (Fsp3) is 0.600. The number of hydrogen-bond donors (Lipinski definition) is 0. The number of ether oxygens (including phenoxy) is 2. The van der Waals surface area contributed by atoms with Crippen molar-refractivity contribution in [2.75, 3.05) is 13.2 Å². The zero-order valence-corrected chi connectivity index (χ0v) is 15.2. The van der Waals surface area contributed by atoms with Gasteiger partial charge in [0.25, 0.3) is 0 Å². The second kappa shape index (κ2) is 4.84. The molecule has 0 radical (unpaired) electrons. The van der Waals surface area contributed by atoms with Gasteiger partial charge in [-0.1, -0.05) is 30.3 Å². The van der Waals surface area contributed by atoms with E-state index in [1.807, 2.05) is 0 Å². The summed E-state index contributed by atoms with van der Waals surface area (Å²) in [7, 11) is 0. The highest BCUT2D eigenvalue weighted by molar-refractivity contribution is 5.99. The summed E-state index contributed by atoms with van der Waals surface area (Å²) < 4.78 is 12.0. The molecule has 0 unspecified atom stereocenters. The van der Waals surface area contributed by atoms with Gasteiger partial charge >= 0.3 is 0 Å². The Balaban J connectivity index is 1.74. The summed E-state index contributed by atoms with van der Waals surface area (Å²) in [6, 6.07) is 10.6. The van der Waals surface area contributed by atoms with Crippen molar-refractivity contribution >= 4 is 11.8 Å². The van der Waals surface area contributed by atoms with Crippen LogP contribution in [-0.2, 0) is 9.47 Å². The lowest BCUT2D eigenvalue weighted by atomic mass is 10.0. The van der Waals surface area contributed by atoms with Crippen molar-refractivity contribution in [1.82, 2.24) is 0 Å². The molecule has 1 aromatic rings. The third-order valence-electron chi connectivity index (χ3n) is 5.35. The lowest BCUT2D eigenvalue weighted by molar-refractivity contribution is 0.257. The summed E-state index contributed by atoms with van der Waals surface area (Å²) in [6.07, 6.45) is 0. The summed E-state index contributed by atoms with van der Waals surface area (Å²) in [5.74, 6) is 2.24. The van der Waals surface area contributed by atoms with E-state index in [4.69, 9.17) is 19.5 Å². The first-order valence-electron chi connectivity index (χ1n) is 8.74. The van der Waals surface area contributed by atoms with Crippen LogP contribution in [0.2, 0.25) is 0 Å². The highest BCUT2D eigenvalue weighted by atomic mass is 16.5. The van der Waals surface area contributed by atoms with Crippen LogP contribution >= 0.6 is 0 Å². The van der Waals surface area contributed by atoms with E-state index in [1.165, 1.54) is 5.56 Å². The largest absolute Gasteiger partial charge is 0.478 e. The van der Waals surface area contributed by atoms with E-state index in [0.29, 0.717) is 19.1 Å². The lowest BCUT2D eigenvalue weighted by Crippen LogP contribution is -2.19. The van der Waals surface area contributed by atoms with Crippen LogP contribution in [0.5, 0.6) is 0 Å². The van der Waals surface area contributed by atoms with Gasteiger partial charge in [0, 0.05) is 5.92 Å². The average Bonchev–Trinajstić information content (AvgIpc) is 2.77. The van der Waals surface area contributed by atoms with Gasteiger partial charge < -0.3 is 9.47 Å². The quantitative estimate of drug-likeness (QED) is 0.847. The molecule has 3 aliphatic rings. The Hall–Kier alpha value is -1.84. The Labute approximate surface area is 144 Å². The van der Waals surface area contributed by atoms with Crippen molar-refractivity contribution in [3.05, 3.63) is 35.9 Å². The van der Waals surface area contributed by atoms with Crippen molar-refractivity contribution in [3.8, 4) is 0 Å². The van der Waals surface area contributed by atoms with Gasteiger partial charge in [-0.25, -0.2) is 9.98 Å². The second-order valence-electron chi connectivity index (χ2n) is 8.72. The first-order chi connectivity index (χ1) is 11.2. The Bertz CT molecular complexity index is 720. The maximum absolute atomic E-state index is 6.03. The predicted molar refractivity (Wildman–Crippen MR) is 95.7 cm³/mol. The molecule has 4 nitrogen and oxygen atoms in total. The van der Waals surface area contributed by atoms with Gasteiger partial charge in [0.15, 0.2) is 11.8 Å². The van der Waals surface area contributed by atoms with Gasteiger partial charge in [-0.2, -0.15) is 0 Å². The van der Waals surface area contributed by atoms with Crippen molar-refractivity contribution in [1.29, 1.82) is 0 Å². The van der Waals surface area contributed by atoms with E-state index in [0.717, 1.165) is 11.8 Å². The molecular formula is C20H26N2O2. The Morgan fingerprint density at radius 1 is 0.833 bits per heavy atom. The molecule has 0 N–H and O–H groups in total. The summed E-state index contributed by atoms with van der Waals surface area (Å²) in [6.45, 7) is 12.0. The maximum Gasteiger partial charge on any atom is 0.191 e. The zero-order chi connectivity index (χ0) is 17.2. The molecule has 4 rings (SSSR count). The first-order valence-corrected chi connectivity index (χ1v) is 8.74. The molecule has 0 saturated heterocycles. The topological polar surface area (TPSA) is 43.2 Å². The number of benzene rings is 1. The fourth-order valence-electron chi connectivity index (χ4n) is 4.01. The summed E-state index contributed by atoms with van der Waals surface area (Å²) >= 11 is 0. The standard InChI is InChI=1S/C20H26N2O2/c1-18(2)11-23-16(21-18)15-14(13-9-7-6-8-10-13)20(15,5)17-22-19(3,4)12-24-17/h6-10,14-15H,11-12H2,1-5H3/t14-,15+,20+/m0/s1. The van der Waals surface area contributed by atoms with Crippen LogP contribution in [0.4, 0.5) is 0 Å². The Kier molecular flexibility index (Phi) is 3.16. The zero-order valence-electron chi connectivity index (χ0n) is 15.2. The highest BCUT2D eigenvalue weighted by Gasteiger charge is 2.70. The third kappa shape index (κ3) is 2.35. The highest BCUT2D eigenvalue weighted by Crippen LogP contribution is 2.67. The van der Waals surface area contributed by atoms with Gasteiger partial charge in [0.05, 0.1) is 22.4 Å². The van der Waals surface area contributed by atoms with E-state index in [9.17, 15) is 0 Å². The normalized spacial score (nSPS) is 35.7. The number of rotatable bonds is 3. The third-order valence-corrected chi connectivity index (χ3v) is 5.35. The van der Waals surface area contributed by atoms with E-state index < -0.39 is 0 Å². The monoisotopic (exact) mass is 326 g/mol. The molecule has 128 valence electrons. The Morgan fingerprint density at radius 2 is 1.46 bits per heavy atom. The predicted octanol–water partition coefficient (Wildman–Crippen LogP) is 3.82. The molecule has 24 heavy (non-hydrogen) atoms. The molecular weight excluding hydrogens is 300 g/mol. The lowest BCUT2D eigenvalue weighted by Gasteiger charge is -2.11.